The number of nitrogens with zero attached hydrogens (tertiary/aromatic N) is 2. The lowest BCUT2D eigenvalue weighted by Crippen LogP contribution is -1.80. The predicted octanol–water partition coefficient (Wildman–Crippen LogP) is 5.27. The highest BCUT2D eigenvalue weighted by Gasteiger charge is 2.13. The van der Waals surface area contributed by atoms with Gasteiger partial charge in [0.2, 0.25) is 0 Å². The van der Waals surface area contributed by atoms with Crippen LogP contribution in [0.25, 0.3) is 22.4 Å². The van der Waals surface area contributed by atoms with Crippen LogP contribution in [0.5, 0.6) is 0 Å². The highest BCUT2D eigenvalue weighted by Crippen LogP contribution is 2.30. The summed E-state index contributed by atoms with van der Waals surface area (Å²) in [5, 5.41) is 9.97. The fourth-order valence-electron chi connectivity index (χ4n) is 2.40. The Labute approximate surface area is 145 Å². The van der Waals surface area contributed by atoms with Gasteiger partial charge >= 0.3 is 0 Å². The van der Waals surface area contributed by atoms with Crippen LogP contribution in [-0.4, -0.2) is 15.2 Å². The minimum atomic E-state index is 0.541. The second-order valence-corrected chi connectivity index (χ2v) is 6.88. The van der Waals surface area contributed by atoms with Crippen molar-refractivity contribution >= 4 is 38.6 Å². The molecule has 2 aromatic carbocycles. The summed E-state index contributed by atoms with van der Waals surface area (Å²) in [5.41, 5.74) is 3.20. The van der Waals surface area contributed by atoms with Crippen LogP contribution in [0.4, 0.5) is 0 Å². The molecule has 1 N–H and O–H groups in total. The lowest BCUT2D eigenvalue weighted by atomic mass is 10.2. The minimum Gasteiger partial charge on any atom is -0.411 e. The van der Waals surface area contributed by atoms with Crippen molar-refractivity contribution in [3.05, 3.63) is 64.8 Å². The quantitative estimate of drug-likeness (QED) is 0.486. The van der Waals surface area contributed by atoms with E-state index in [0.29, 0.717) is 11.1 Å². The average Bonchev–Trinajstić information content (AvgIpc) is 3.19. The Hall–Kier alpha value is -2.05. The molecular formula is C17H12BrN3OS. The number of thioether (sulfide) groups is 1. The van der Waals surface area contributed by atoms with Crippen LogP contribution in [0.15, 0.2) is 68.8 Å². The molecule has 2 aromatic heterocycles. The minimum absolute atomic E-state index is 0.541. The molecule has 4 aromatic rings. The predicted molar refractivity (Wildman–Crippen MR) is 95.3 cm³/mol. The van der Waals surface area contributed by atoms with Crippen molar-refractivity contribution in [1.82, 2.24) is 15.2 Å². The summed E-state index contributed by atoms with van der Waals surface area (Å²) in [4.78, 5) is 3.22. The standard InChI is InChI=1S/C17H12BrN3OS/c18-12-5-3-4-11(8-12)10-23-17-21-20-16(22-17)14-9-19-15-7-2-1-6-13(14)15/h1-9,19H,10H2. The number of hydrogen-bond acceptors (Lipinski definition) is 4. The molecule has 0 radical (unpaired) electrons. The number of aromatic amines is 1. The van der Waals surface area contributed by atoms with Gasteiger partial charge in [0.15, 0.2) is 0 Å². The molecule has 23 heavy (non-hydrogen) atoms. The lowest BCUT2D eigenvalue weighted by Gasteiger charge is -1.98. The monoisotopic (exact) mass is 385 g/mol. The Morgan fingerprint density at radius 2 is 2.00 bits per heavy atom. The highest BCUT2D eigenvalue weighted by molar-refractivity contribution is 9.10. The molecule has 0 fully saturated rings. The molecule has 2 heterocycles. The van der Waals surface area contributed by atoms with Crippen LogP contribution in [-0.2, 0) is 5.75 Å². The fraction of sp³-hybridized carbons (Fsp3) is 0.0588. The first-order valence-corrected chi connectivity index (χ1v) is 8.85. The molecule has 0 unspecified atom stereocenters. The van der Waals surface area contributed by atoms with Gasteiger partial charge in [0.25, 0.3) is 11.1 Å². The van der Waals surface area contributed by atoms with E-state index in [0.717, 1.165) is 26.7 Å². The van der Waals surface area contributed by atoms with Gasteiger partial charge in [-0.15, -0.1) is 10.2 Å². The number of hydrogen-bond donors (Lipinski definition) is 1. The molecule has 0 aliphatic carbocycles. The first-order valence-electron chi connectivity index (χ1n) is 7.07. The van der Waals surface area contributed by atoms with Crippen molar-refractivity contribution in [2.75, 3.05) is 0 Å². The summed E-state index contributed by atoms with van der Waals surface area (Å²) in [5.74, 6) is 1.33. The first kappa shape index (κ1) is 14.5. The Kier molecular flexibility index (Phi) is 3.93. The maximum atomic E-state index is 5.80. The van der Waals surface area contributed by atoms with Gasteiger partial charge < -0.3 is 9.40 Å². The van der Waals surface area contributed by atoms with Gasteiger partial charge in [-0.05, 0) is 23.8 Å². The van der Waals surface area contributed by atoms with Crippen molar-refractivity contribution < 1.29 is 4.42 Å². The van der Waals surface area contributed by atoms with E-state index < -0.39 is 0 Å². The normalized spacial score (nSPS) is 11.2. The Balaban J connectivity index is 1.55. The van der Waals surface area contributed by atoms with Gasteiger partial charge in [-0.3, -0.25) is 0 Å². The molecule has 0 aliphatic heterocycles. The molecule has 0 saturated heterocycles. The first-order chi connectivity index (χ1) is 11.3. The van der Waals surface area contributed by atoms with Crippen molar-refractivity contribution in [2.24, 2.45) is 0 Å². The zero-order chi connectivity index (χ0) is 15.6. The van der Waals surface area contributed by atoms with E-state index in [2.05, 4.69) is 43.2 Å². The SMILES string of the molecule is Brc1cccc(CSc2nnc(-c3c[nH]c4ccccc34)o2)c1. The number of fused-ring (bicyclic) bond motifs is 1. The molecule has 0 amide bonds. The fourth-order valence-corrected chi connectivity index (χ4v) is 3.55. The number of nitrogens with one attached hydrogen (secondary N) is 1. The van der Waals surface area contributed by atoms with Gasteiger partial charge in [0.05, 0.1) is 5.56 Å². The molecule has 0 atom stereocenters. The molecular weight excluding hydrogens is 374 g/mol. The Morgan fingerprint density at radius 1 is 1.09 bits per heavy atom. The number of benzene rings is 2. The summed E-state index contributed by atoms with van der Waals surface area (Å²) in [6, 6.07) is 16.3. The number of aromatic nitrogens is 3. The van der Waals surface area contributed by atoms with Gasteiger partial charge in [-0.25, -0.2) is 0 Å². The zero-order valence-corrected chi connectivity index (χ0v) is 14.4. The van der Waals surface area contributed by atoms with Crippen LogP contribution < -0.4 is 0 Å². The van der Waals surface area contributed by atoms with E-state index in [4.69, 9.17) is 4.42 Å². The second-order valence-electron chi connectivity index (χ2n) is 5.04. The third-order valence-electron chi connectivity index (χ3n) is 3.48. The van der Waals surface area contributed by atoms with Crippen molar-refractivity contribution in [3.63, 3.8) is 0 Å². The molecule has 0 bridgehead atoms. The lowest BCUT2D eigenvalue weighted by molar-refractivity contribution is 0.466. The summed E-state index contributed by atoms with van der Waals surface area (Å²) in [6.07, 6.45) is 1.90. The molecule has 0 spiro atoms. The molecule has 0 aliphatic rings. The van der Waals surface area contributed by atoms with Gasteiger partial charge in [-0.2, -0.15) is 0 Å². The smallest absolute Gasteiger partial charge is 0.277 e. The van der Waals surface area contributed by atoms with E-state index in [-0.39, 0.29) is 0 Å². The number of rotatable bonds is 4. The maximum absolute atomic E-state index is 5.80. The van der Waals surface area contributed by atoms with Crippen LogP contribution in [0, 0.1) is 0 Å². The highest BCUT2D eigenvalue weighted by atomic mass is 79.9. The third kappa shape index (κ3) is 3.04. The van der Waals surface area contributed by atoms with Crippen molar-refractivity contribution in [2.45, 2.75) is 11.0 Å². The summed E-state index contributed by atoms with van der Waals surface area (Å²) in [7, 11) is 0. The number of halogens is 1. The van der Waals surface area contributed by atoms with E-state index in [9.17, 15) is 0 Å². The van der Waals surface area contributed by atoms with Gasteiger partial charge in [-0.1, -0.05) is 58.0 Å². The van der Waals surface area contributed by atoms with Crippen LogP contribution in [0.3, 0.4) is 0 Å². The number of H-pyrrole nitrogens is 1. The summed E-state index contributed by atoms with van der Waals surface area (Å²) in [6.45, 7) is 0. The maximum Gasteiger partial charge on any atom is 0.277 e. The molecule has 4 rings (SSSR count). The topological polar surface area (TPSA) is 54.7 Å². The Morgan fingerprint density at radius 3 is 2.91 bits per heavy atom. The molecule has 0 saturated carbocycles. The summed E-state index contributed by atoms with van der Waals surface area (Å²) >= 11 is 5.01. The van der Waals surface area contributed by atoms with Crippen LogP contribution >= 0.6 is 27.7 Å². The summed E-state index contributed by atoms with van der Waals surface area (Å²) < 4.78 is 6.87. The van der Waals surface area contributed by atoms with Crippen molar-refractivity contribution in [3.8, 4) is 11.5 Å². The largest absolute Gasteiger partial charge is 0.411 e. The van der Waals surface area contributed by atoms with Crippen LogP contribution in [0.1, 0.15) is 5.56 Å². The second kappa shape index (κ2) is 6.22. The van der Waals surface area contributed by atoms with Gasteiger partial charge in [0, 0.05) is 27.3 Å². The van der Waals surface area contributed by atoms with Crippen LogP contribution in [0.2, 0.25) is 0 Å². The van der Waals surface area contributed by atoms with E-state index in [1.54, 1.807) is 0 Å². The van der Waals surface area contributed by atoms with E-state index >= 15 is 0 Å². The van der Waals surface area contributed by atoms with E-state index in [1.807, 2.05) is 42.6 Å². The molecule has 6 heteroatoms. The zero-order valence-electron chi connectivity index (χ0n) is 12.0. The third-order valence-corrected chi connectivity index (χ3v) is 4.86. The Bertz CT molecular complexity index is 963. The van der Waals surface area contributed by atoms with E-state index in [1.165, 1.54) is 17.3 Å². The molecule has 4 nitrogen and oxygen atoms in total. The van der Waals surface area contributed by atoms with Crippen molar-refractivity contribution in [1.29, 1.82) is 0 Å². The number of para-hydroxylation sites is 1. The average molecular weight is 386 g/mol. The van der Waals surface area contributed by atoms with Gasteiger partial charge in [0.1, 0.15) is 0 Å². The molecule has 114 valence electrons.